The van der Waals surface area contributed by atoms with E-state index in [9.17, 15) is 9.59 Å². The largest absolute Gasteiger partial charge is 0.464 e. The van der Waals surface area contributed by atoms with E-state index < -0.39 is 5.97 Å². The summed E-state index contributed by atoms with van der Waals surface area (Å²) in [5.41, 5.74) is 3.69. The van der Waals surface area contributed by atoms with Gasteiger partial charge < -0.3 is 15.4 Å². The van der Waals surface area contributed by atoms with Crippen LogP contribution in [0.5, 0.6) is 0 Å². The molecule has 0 bridgehead atoms. The van der Waals surface area contributed by atoms with Crippen LogP contribution >= 0.6 is 0 Å². The van der Waals surface area contributed by atoms with Crippen LogP contribution in [0.15, 0.2) is 43.1 Å². The number of nitrogens with one attached hydrogen (secondary N) is 2. The molecule has 1 aromatic carbocycles. The van der Waals surface area contributed by atoms with Crippen molar-refractivity contribution in [2.75, 3.05) is 17.7 Å². The molecule has 3 rings (SSSR count). The van der Waals surface area contributed by atoms with Crippen LogP contribution in [-0.4, -0.2) is 38.6 Å². The Morgan fingerprint density at radius 2 is 2.00 bits per heavy atom. The van der Waals surface area contributed by atoms with E-state index in [2.05, 4.69) is 32.3 Å². The molecular weight excluding hydrogens is 396 g/mol. The first kappa shape index (κ1) is 21.7. The molecule has 2 aromatic heterocycles. The summed E-state index contributed by atoms with van der Waals surface area (Å²) >= 11 is 0. The maximum Gasteiger partial charge on any atom is 0.358 e. The highest BCUT2D eigenvalue weighted by molar-refractivity contribution is 5.92. The summed E-state index contributed by atoms with van der Waals surface area (Å²) in [7, 11) is 2.99. The van der Waals surface area contributed by atoms with E-state index in [-0.39, 0.29) is 17.9 Å². The second kappa shape index (κ2) is 9.21. The molecule has 0 saturated heterocycles. The molecule has 31 heavy (non-hydrogen) atoms. The van der Waals surface area contributed by atoms with Crippen molar-refractivity contribution >= 4 is 35.0 Å². The number of aryl methyl sites for hydroxylation is 3. The van der Waals surface area contributed by atoms with Gasteiger partial charge in [-0.15, -0.1) is 0 Å². The van der Waals surface area contributed by atoms with Crippen LogP contribution in [0, 0.1) is 13.8 Å². The molecule has 0 radical (unpaired) electrons. The molecule has 0 saturated carbocycles. The van der Waals surface area contributed by atoms with Crippen molar-refractivity contribution in [2.45, 2.75) is 20.3 Å². The van der Waals surface area contributed by atoms with Gasteiger partial charge in [0.15, 0.2) is 11.5 Å². The summed E-state index contributed by atoms with van der Waals surface area (Å²) in [4.78, 5) is 32.4. The average Bonchev–Trinajstić information content (AvgIpc) is 3.11. The van der Waals surface area contributed by atoms with Gasteiger partial charge in [-0.05, 0) is 31.6 Å². The summed E-state index contributed by atoms with van der Waals surface area (Å²) in [5, 5.41) is 10.5. The monoisotopic (exact) mass is 420 g/mol. The molecule has 0 aliphatic carbocycles. The Labute approximate surface area is 180 Å². The minimum atomic E-state index is -0.531. The fourth-order valence-corrected chi connectivity index (χ4v) is 2.91. The number of carbonyl (C=O) groups excluding carboxylic acids is 2. The Balaban J connectivity index is 1.88. The fourth-order valence-electron chi connectivity index (χ4n) is 2.91. The number of hydrogen-bond acceptors (Lipinski definition) is 8. The summed E-state index contributed by atoms with van der Waals surface area (Å²) in [6.07, 6.45) is 3.24. The molecule has 3 aromatic rings. The third-order valence-corrected chi connectivity index (χ3v) is 4.59. The van der Waals surface area contributed by atoms with Crippen LogP contribution in [0.1, 0.15) is 27.2 Å². The quantitative estimate of drug-likeness (QED) is 0.421. The number of nitrogens with zero attached hydrogens (tertiary/aromatic N) is 4. The predicted molar refractivity (Wildman–Crippen MR) is 118 cm³/mol. The van der Waals surface area contributed by atoms with Crippen molar-refractivity contribution in [3.63, 3.8) is 0 Å². The van der Waals surface area contributed by atoms with Crippen LogP contribution in [0.25, 0.3) is 0 Å². The van der Waals surface area contributed by atoms with E-state index in [4.69, 9.17) is 4.74 Å². The Morgan fingerprint density at radius 1 is 1.23 bits per heavy atom. The molecule has 160 valence electrons. The maximum absolute atomic E-state index is 11.9. The van der Waals surface area contributed by atoms with E-state index in [1.54, 1.807) is 19.3 Å². The van der Waals surface area contributed by atoms with Gasteiger partial charge in [-0.2, -0.15) is 10.1 Å². The zero-order valence-electron chi connectivity index (χ0n) is 17.9. The SMILES string of the molecule is C=CC(=O)Cc1cc(C)ccc1Nc1nc(Nc2cc(C(=O)OC)nn2C)ncc1C. The fraction of sp³-hybridized carbons (Fsp3) is 0.227. The molecule has 9 nitrogen and oxygen atoms in total. The van der Waals surface area contributed by atoms with Crippen LogP contribution in [0.2, 0.25) is 0 Å². The van der Waals surface area contributed by atoms with E-state index in [0.29, 0.717) is 17.6 Å². The minimum Gasteiger partial charge on any atom is -0.464 e. The standard InChI is InChI=1S/C22H24N6O3/c1-6-16(29)10-15-9-13(2)7-8-17(15)24-20-14(3)12-23-22(26-20)25-19-11-18(21(30)31-5)27-28(19)4/h6-9,11-12H,1,10H2,2-5H3,(H2,23,24,25,26). The number of hydrogen-bond donors (Lipinski definition) is 2. The van der Waals surface area contributed by atoms with Crippen molar-refractivity contribution in [3.05, 3.63) is 65.5 Å². The summed E-state index contributed by atoms with van der Waals surface area (Å²) < 4.78 is 6.20. The maximum atomic E-state index is 11.9. The Hall–Kier alpha value is -4.01. The zero-order valence-corrected chi connectivity index (χ0v) is 17.9. The number of allylic oxidation sites excluding steroid dienone is 1. The molecule has 0 fully saturated rings. The molecule has 2 N–H and O–H groups in total. The zero-order chi connectivity index (χ0) is 22.5. The van der Waals surface area contributed by atoms with Crippen LogP contribution in [-0.2, 0) is 23.0 Å². The number of carbonyl (C=O) groups is 2. The third-order valence-electron chi connectivity index (χ3n) is 4.59. The lowest BCUT2D eigenvalue weighted by Crippen LogP contribution is -2.07. The highest BCUT2D eigenvalue weighted by Crippen LogP contribution is 2.25. The number of esters is 1. The van der Waals surface area contributed by atoms with Gasteiger partial charge in [-0.1, -0.05) is 24.3 Å². The number of methoxy groups -OCH3 is 1. The molecule has 9 heteroatoms. The summed E-state index contributed by atoms with van der Waals surface area (Å²) in [6, 6.07) is 7.40. The molecule has 0 spiro atoms. The van der Waals surface area contributed by atoms with Crippen molar-refractivity contribution in [3.8, 4) is 0 Å². The molecular formula is C22H24N6O3. The van der Waals surface area contributed by atoms with Gasteiger partial charge in [-0.3, -0.25) is 9.48 Å². The molecule has 2 heterocycles. The molecule has 0 aliphatic rings. The molecule has 0 amide bonds. The third kappa shape index (κ3) is 5.13. The minimum absolute atomic E-state index is 0.0620. The highest BCUT2D eigenvalue weighted by Gasteiger charge is 2.15. The van der Waals surface area contributed by atoms with Gasteiger partial charge in [0, 0.05) is 37.0 Å². The van der Waals surface area contributed by atoms with Crippen molar-refractivity contribution < 1.29 is 14.3 Å². The first-order chi connectivity index (χ1) is 14.8. The number of ketones is 1. The second-order valence-electron chi connectivity index (χ2n) is 7.01. The van der Waals surface area contributed by atoms with Crippen molar-refractivity contribution in [2.24, 2.45) is 7.05 Å². The van der Waals surface area contributed by atoms with Crippen LogP contribution < -0.4 is 10.6 Å². The molecule has 0 atom stereocenters. The van der Waals surface area contributed by atoms with E-state index in [1.807, 2.05) is 32.0 Å². The number of anilines is 4. The van der Waals surface area contributed by atoms with E-state index in [1.165, 1.54) is 17.9 Å². The predicted octanol–water partition coefficient (Wildman–Crippen LogP) is 3.40. The number of benzene rings is 1. The topological polar surface area (TPSA) is 111 Å². The van der Waals surface area contributed by atoms with Crippen molar-refractivity contribution in [1.29, 1.82) is 0 Å². The summed E-state index contributed by atoms with van der Waals surface area (Å²) in [5.74, 6) is 0.847. The average molecular weight is 420 g/mol. The van der Waals surface area contributed by atoms with Gasteiger partial charge in [0.2, 0.25) is 5.95 Å². The van der Waals surface area contributed by atoms with Gasteiger partial charge in [-0.25, -0.2) is 9.78 Å². The number of aromatic nitrogens is 4. The normalized spacial score (nSPS) is 10.5. The Morgan fingerprint density at radius 3 is 2.71 bits per heavy atom. The smallest absolute Gasteiger partial charge is 0.358 e. The number of ether oxygens (including phenoxy) is 1. The van der Waals surface area contributed by atoms with Crippen molar-refractivity contribution in [1.82, 2.24) is 19.7 Å². The first-order valence-corrected chi connectivity index (χ1v) is 9.55. The van der Waals surface area contributed by atoms with E-state index >= 15 is 0 Å². The molecule has 0 unspecified atom stereocenters. The lowest BCUT2D eigenvalue weighted by Gasteiger charge is -2.14. The second-order valence-corrected chi connectivity index (χ2v) is 7.01. The highest BCUT2D eigenvalue weighted by atomic mass is 16.5. The Bertz CT molecular complexity index is 1150. The lowest BCUT2D eigenvalue weighted by atomic mass is 10.0. The van der Waals surface area contributed by atoms with Gasteiger partial charge in [0.05, 0.1) is 7.11 Å². The first-order valence-electron chi connectivity index (χ1n) is 9.55. The number of rotatable bonds is 8. The van der Waals surface area contributed by atoms with Crippen LogP contribution in [0.3, 0.4) is 0 Å². The van der Waals surface area contributed by atoms with Gasteiger partial charge >= 0.3 is 5.97 Å². The lowest BCUT2D eigenvalue weighted by molar-refractivity contribution is -0.114. The Kier molecular flexibility index (Phi) is 6.44. The molecule has 0 aliphatic heterocycles. The van der Waals surface area contributed by atoms with Gasteiger partial charge in [0.1, 0.15) is 11.6 Å². The summed E-state index contributed by atoms with van der Waals surface area (Å²) in [6.45, 7) is 7.40. The van der Waals surface area contributed by atoms with Gasteiger partial charge in [0.25, 0.3) is 0 Å². The van der Waals surface area contributed by atoms with E-state index in [0.717, 1.165) is 22.4 Å². The van der Waals surface area contributed by atoms with Crippen LogP contribution in [0.4, 0.5) is 23.3 Å².